The lowest BCUT2D eigenvalue weighted by Crippen LogP contribution is -2.26. The minimum absolute atomic E-state index is 0.135. The molecule has 0 bridgehead atoms. The highest BCUT2D eigenvalue weighted by Crippen LogP contribution is 2.18. The van der Waals surface area contributed by atoms with Gasteiger partial charge in [-0.15, -0.1) is 0 Å². The highest BCUT2D eigenvalue weighted by molar-refractivity contribution is 5.94. The number of aromatic nitrogens is 2. The van der Waals surface area contributed by atoms with Crippen LogP contribution in [0.2, 0.25) is 0 Å². The highest BCUT2D eigenvalue weighted by atomic mass is 16.3. The summed E-state index contributed by atoms with van der Waals surface area (Å²) >= 11 is 0. The van der Waals surface area contributed by atoms with Gasteiger partial charge in [-0.3, -0.25) is 9.48 Å². The molecule has 0 aliphatic heterocycles. The van der Waals surface area contributed by atoms with Crippen LogP contribution in [0.4, 0.5) is 0 Å². The summed E-state index contributed by atoms with van der Waals surface area (Å²) in [6.07, 6.45) is 3.20. The summed E-state index contributed by atoms with van der Waals surface area (Å²) in [5, 5.41) is 7.11. The molecule has 0 spiro atoms. The SMILES string of the molecule is Cc1c(C(=O)NCc2ccco2)cnn1C(C)(C)C. The smallest absolute Gasteiger partial charge is 0.255 e. The second-order valence-corrected chi connectivity index (χ2v) is 5.49. The number of hydrogen-bond donors (Lipinski definition) is 1. The minimum Gasteiger partial charge on any atom is -0.467 e. The standard InChI is InChI=1S/C14H19N3O2/c1-10-12(9-16-17(10)14(2,3)4)13(18)15-8-11-6-5-7-19-11/h5-7,9H,8H2,1-4H3,(H,15,18). The molecule has 5 heteroatoms. The molecule has 2 aromatic rings. The number of nitrogens with one attached hydrogen (secondary N) is 1. The van der Waals surface area contributed by atoms with E-state index in [1.54, 1.807) is 18.5 Å². The first kappa shape index (κ1) is 13.4. The zero-order valence-corrected chi connectivity index (χ0v) is 11.7. The maximum Gasteiger partial charge on any atom is 0.255 e. The largest absolute Gasteiger partial charge is 0.467 e. The van der Waals surface area contributed by atoms with Crippen LogP contribution in [0.25, 0.3) is 0 Å². The lowest BCUT2D eigenvalue weighted by atomic mass is 10.1. The fourth-order valence-electron chi connectivity index (χ4n) is 1.98. The van der Waals surface area contributed by atoms with Gasteiger partial charge in [0.2, 0.25) is 0 Å². The summed E-state index contributed by atoms with van der Waals surface area (Å²) in [6.45, 7) is 8.44. The van der Waals surface area contributed by atoms with Gasteiger partial charge in [0, 0.05) is 5.69 Å². The predicted octanol–water partition coefficient (Wildman–Crippen LogP) is 2.47. The average Bonchev–Trinajstić information content (AvgIpc) is 2.93. The predicted molar refractivity (Wildman–Crippen MR) is 71.8 cm³/mol. The molecule has 0 unspecified atom stereocenters. The summed E-state index contributed by atoms with van der Waals surface area (Å²) in [5.41, 5.74) is 1.33. The molecule has 19 heavy (non-hydrogen) atoms. The van der Waals surface area contributed by atoms with Crippen molar-refractivity contribution in [1.82, 2.24) is 15.1 Å². The number of carbonyl (C=O) groups excluding carboxylic acids is 1. The van der Waals surface area contributed by atoms with Gasteiger partial charge < -0.3 is 9.73 Å². The van der Waals surface area contributed by atoms with E-state index in [1.165, 1.54) is 0 Å². The van der Waals surface area contributed by atoms with Crippen molar-refractivity contribution in [3.8, 4) is 0 Å². The number of amides is 1. The molecule has 0 saturated carbocycles. The monoisotopic (exact) mass is 261 g/mol. The Hall–Kier alpha value is -2.04. The Kier molecular flexibility index (Phi) is 3.46. The van der Waals surface area contributed by atoms with Gasteiger partial charge in [0.15, 0.2) is 0 Å². The van der Waals surface area contributed by atoms with Crippen LogP contribution in [0.3, 0.4) is 0 Å². The first-order valence-corrected chi connectivity index (χ1v) is 6.25. The molecule has 0 atom stereocenters. The van der Waals surface area contributed by atoms with Crippen LogP contribution in [-0.2, 0) is 12.1 Å². The van der Waals surface area contributed by atoms with Crippen molar-refractivity contribution >= 4 is 5.91 Å². The quantitative estimate of drug-likeness (QED) is 0.923. The number of furan rings is 1. The third-order valence-electron chi connectivity index (χ3n) is 2.89. The van der Waals surface area contributed by atoms with Gasteiger partial charge in [0.25, 0.3) is 5.91 Å². The third kappa shape index (κ3) is 2.86. The van der Waals surface area contributed by atoms with Crippen LogP contribution >= 0.6 is 0 Å². The molecule has 2 heterocycles. The van der Waals surface area contributed by atoms with Crippen molar-refractivity contribution in [1.29, 1.82) is 0 Å². The molecule has 2 rings (SSSR count). The molecule has 0 aliphatic carbocycles. The van der Waals surface area contributed by atoms with Crippen molar-refractivity contribution in [2.24, 2.45) is 0 Å². The van der Waals surface area contributed by atoms with Crippen molar-refractivity contribution in [2.75, 3.05) is 0 Å². The molecule has 2 aromatic heterocycles. The summed E-state index contributed by atoms with van der Waals surface area (Å²) in [6, 6.07) is 3.62. The molecule has 0 aromatic carbocycles. The molecule has 0 radical (unpaired) electrons. The van der Waals surface area contributed by atoms with E-state index in [0.717, 1.165) is 11.5 Å². The van der Waals surface area contributed by atoms with E-state index in [1.807, 2.05) is 17.7 Å². The van der Waals surface area contributed by atoms with Gasteiger partial charge in [-0.2, -0.15) is 5.10 Å². The molecular weight excluding hydrogens is 242 g/mol. The summed E-state index contributed by atoms with van der Waals surface area (Å²) in [5.74, 6) is 0.596. The average molecular weight is 261 g/mol. The Balaban J connectivity index is 2.10. The van der Waals surface area contributed by atoms with Crippen LogP contribution in [0, 0.1) is 6.92 Å². The third-order valence-corrected chi connectivity index (χ3v) is 2.89. The lowest BCUT2D eigenvalue weighted by molar-refractivity contribution is 0.0947. The van der Waals surface area contributed by atoms with Gasteiger partial charge in [-0.1, -0.05) is 0 Å². The first-order valence-electron chi connectivity index (χ1n) is 6.25. The van der Waals surface area contributed by atoms with E-state index >= 15 is 0 Å². The Morgan fingerprint density at radius 2 is 2.21 bits per heavy atom. The number of hydrogen-bond acceptors (Lipinski definition) is 3. The van der Waals surface area contributed by atoms with Crippen LogP contribution < -0.4 is 5.32 Å². The van der Waals surface area contributed by atoms with E-state index in [4.69, 9.17) is 4.42 Å². The topological polar surface area (TPSA) is 60.1 Å². The molecular formula is C14H19N3O2. The van der Waals surface area contributed by atoms with E-state index in [0.29, 0.717) is 12.1 Å². The molecule has 102 valence electrons. The zero-order valence-electron chi connectivity index (χ0n) is 11.7. The fourth-order valence-corrected chi connectivity index (χ4v) is 1.98. The van der Waals surface area contributed by atoms with E-state index in [-0.39, 0.29) is 11.4 Å². The van der Waals surface area contributed by atoms with Gasteiger partial charge in [0.05, 0.1) is 30.1 Å². The van der Waals surface area contributed by atoms with Gasteiger partial charge in [0.1, 0.15) is 5.76 Å². The van der Waals surface area contributed by atoms with E-state index < -0.39 is 0 Å². The lowest BCUT2D eigenvalue weighted by Gasteiger charge is -2.21. The van der Waals surface area contributed by atoms with Crippen molar-refractivity contribution in [2.45, 2.75) is 39.8 Å². The van der Waals surface area contributed by atoms with Gasteiger partial charge in [-0.25, -0.2) is 0 Å². The van der Waals surface area contributed by atoms with Crippen LogP contribution in [0.1, 0.15) is 42.6 Å². The Bertz CT molecular complexity index is 562. The number of nitrogens with zero attached hydrogens (tertiary/aromatic N) is 2. The Morgan fingerprint density at radius 1 is 1.47 bits per heavy atom. The van der Waals surface area contributed by atoms with Crippen LogP contribution in [-0.4, -0.2) is 15.7 Å². The summed E-state index contributed by atoms with van der Waals surface area (Å²) in [4.78, 5) is 12.1. The number of carbonyl (C=O) groups is 1. The molecule has 0 fully saturated rings. The van der Waals surface area contributed by atoms with Crippen LogP contribution in [0.15, 0.2) is 29.0 Å². The zero-order chi connectivity index (χ0) is 14.0. The van der Waals surface area contributed by atoms with Crippen molar-refractivity contribution in [3.05, 3.63) is 41.6 Å². The van der Waals surface area contributed by atoms with Crippen molar-refractivity contribution < 1.29 is 9.21 Å². The van der Waals surface area contributed by atoms with Crippen molar-refractivity contribution in [3.63, 3.8) is 0 Å². The fraction of sp³-hybridized carbons (Fsp3) is 0.429. The van der Waals surface area contributed by atoms with Crippen LogP contribution in [0.5, 0.6) is 0 Å². The summed E-state index contributed by atoms with van der Waals surface area (Å²) in [7, 11) is 0. The second kappa shape index (κ2) is 4.91. The maximum atomic E-state index is 12.1. The molecule has 5 nitrogen and oxygen atoms in total. The molecule has 0 aliphatic rings. The molecule has 0 saturated heterocycles. The highest BCUT2D eigenvalue weighted by Gasteiger charge is 2.21. The second-order valence-electron chi connectivity index (χ2n) is 5.49. The van der Waals surface area contributed by atoms with Gasteiger partial charge in [-0.05, 0) is 39.8 Å². The molecule has 1 N–H and O–H groups in total. The maximum absolute atomic E-state index is 12.1. The summed E-state index contributed by atoms with van der Waals surface area (Å²) < 4.78 is 7.03. The Morgan fingerprint density at radius 3 is 2.74 bits per heavy atom. The number of rotatable bonds is 3. The van der Waals surface area contributed by atoms with E-state index in [2.05, 4.69) is 31.2 Å². The first-order chi connectivity index (χ1) is 8.89. The Labute approximate surface area is 112 Å². The normalized spacial score (nSPS) is 11.6. The van der Waals surface area contributed by atoms with Gasteiger partial charge >= 0.3 is 0 Å². The van der Waals surface area contributed by atoms with E-state index in [9.17, 15) is 4.79 Å². The minimum atomic E-state index is -0.135. The molecule has 1 amide bonds.